The summed E-state index contributed by atoms with van der Waals surface area (Å²) >= 11 is 12.1. The van der Waals surface area contributed by atoms with Crippen molar-refractivity contribution in [3.05, 3.63) is 63.8 Å². The van der Waals surface area contributed by atoms with Crippen molar-refractivity contribution in [1.82, 2.24) is 4.57 Å². The first-order valence-corrected chi connectivity index (χ1v) is 7.99. The molecule has 0 atom stereocenters. The van der Waals surface area contributed by atoms with Gasteiger partial charge in [0.2, 0.25) is 0 Å². The number of para-hydroxylation sites is 1. The summed E-state index contributed by atoms with van der Waals surface area (Å²) < 4.78 is 11.4. The van der Waals surface area contributed by atoms with Crippen molar-refractivity contribution in [3.63, 3.8) is 0 Å². The maximum absolute atomic E-state index is 13.1. The van der Waals surface area contributed by atoms with Crippen molar-refractivity contribution in [3.8, 4) is 5.75 Å². The Bertz CT molecular complexity index is 994. The number of carbonyl (C=O) groups is 2. The predicted octanol–water partition coefficient (Wildman–Crippen LogP) is 4.43. The Morgan fingerprint density at radius 1 is 1.04 bits per heavy atom. The molecular formula is C18H13Cl2NO4. The lowest BCUT2D eigenvalue weighted by atomic mass is 10.1. The Kier molecular flexibility index (Phi) is 4.70. The van der Waals surface area contributed by atoms with Gasteiger partial charge in [0.05, 0.1) is 35.9 Å². The van der Waals surface area contributed by atoms with Crippen molar-refractivity contribution >= 4 is 46.0 Å². The smallest absolute Gasteiger partial charge is 0.340 e. The maximum atomic E-state index is 13.1. The number of carbonyl (C=O) groups excluding carboxylic acids is 2. The SMILES string of the molecule is COC(=O)c1cn(C(=O)c2cc(Cl)cc(Cl)c2OC)c2ccccc12. The van der Waals surface area contributed by atoms with Gasteiger partial charge < -0.3 is 9.47 Å². The van der Waals surface area contributed by atoms with Crippen molar-refractivity contribution < 1.29 is 19.1 Å². The van der Waals surface area contributed by atoms with E-state index in [9.17, 15) is 9.59 Å². The Morgan fingerprint density at radius 3 is 2.44 bits per heavy atom. The molecular weight excluding hydrogens is 365 g/mol. The molecule has 3 aromatic rings. The van der Waals surface area contributed by atoms with Crippen LogP contribution in [0.5, 0.6) is 5.75 Å². The molecule has 2 aromatic carbocycles. The van der Waals surface area contributed by atoms with Crippen LogP contribution in [0.4, 0.5) is 0 Å². The number of hydrogen-bond donors (Lipinski definition) is 0. The van der Waals surface area contributed by atoms with E-state index in [1.54, 1.807) is 24.3 Å². The fourth-order valence-corrected chi connectivity index (χ4v) is 3.25. The van der Waals surface area contributed by atoms with Crippen LogP contribution < -0.4 is 4.74 Å². The molecule has 0 unspecified atom stereocenters. The Morgan fingerprint density at radius 2 is 1.76 bits per heavy atom. The van der Waals surface area contributed by atoms with Gasteiger partial charge in [0.1, 0.15) is 5.75 Å². The largest absolute Gasteiger partial charge is 0.494 e. The number of halogens is 2. The van der Waals surface area contributed by atoms with Crippen molar-refractivity contribution in [2.45, 2.75) is 0 Å². The number of nitrogens with zero attached hydrogens (tertiary/aromatic N) is 1. The summed E-state index contributed by atoms with van der Waals surface area (Å²) in [6.45, 7) is 0. The Labute approximate surface area is 153 Å². The molecule has 3 rings (SSSR count). The zero-order valence-electron chi connectivity index (χ0n) is 13.4. The molecule has 0 aliphatic rings. The number of aromatic nitrogens is 1. The molecule has 0 aliphatic carbocycles. The van der Waals surface area contributed by atoms with E-state index < -0.39 is 11.9 Å². The minimum atomic E-state index is -0.529. The lowest BCUT2D eigenvalue weighted by Crippen LogP contribution is -2.12. The van der Waals surface area contributed by atoms with Crippen LogP contribution in [0.3, 0.4) is 0 Å². The Hall–Kier alpha value is -2.50. The highest BCUT2D eigenvalue weighted by molar-refractivity contribution is 6.36. The molecule has 0 bridgehead atoms. The quantitative estimate of drug-likeness (QED) is 0.633. The van der Waals surface area contributed by atoms with E-state index in [1.807, 2.05) is 0 Å². The topological polar surface area (TPSA) is 57.5 Å². The third-order valence-electron chi connectivity index (χ3n) is 3.78. The average molecular weight is 378 g/mol. The van der Waals surface area contributed by atoms with Crippen LogP contribution in [-0.4, -0.2) is 30.7 Å². The van der Waals surface area contributed by atoms with Crippen molar-refractivity contribution in [2.24, 2.45) is 0 Å². The van der Waals surface area contributed by atoms with Crippen LogP contribution in [0.2, 0.25) is 10.0 Å². The van der Waals surface area contributed by atoms with E-state index in [0.717, 1.165) is 0 Å². The molecule has 5 nitrogen and oxygen atoms in total. The number of ether oxygens (including phenoxy) is 2. The summed E-state index contributed by atoms with van der Waals surface area (Å²) in [4.78, 5) is 25.1. The molecule has 0 fully saturated rings. The second-order valence-corrected chi connectivity index (χ2v) is 6.04. The monoisotopic (exact) mass is 377 g/mol. The maximum Gasteiger partial charge on any atom is 0.340 e. The van der Waals surface area contributed by atoms with Gasteiger partial charge in [-0.2, -0.15) is 0 Å². The molecule has 25 heavy (non-hydrogen) atoms. The first kappa shape index (κ1) is 17.3. The summed E-state index contributed by atoms with van der Waals surface area (Å²) in [6, 6.07) is 10.00. The van der Waals surface area contributed by atoms with E-state index in [4.69, 9.17) is 32.7 Å². The molecule has 128 valence electrons. The number of esters is 1. The third kappa shape index (κ3) is 2.97. The van der Waals surface area contributed by atoms with Crippen LogP contribution in [0.15, 0.2) is 42.6 Å². The molecule has 0 amide bonds. The molecule has 0 spiro atoms. The number of methoxy groups -OCH3 is 2. The van der Waals surface area contributed by atoms with Crippen LogP contribution >= 0.6 is 23.2 Å². The molecule has 1 aromatic heterocycles. The summed E-state index contributed by atoms with van der Waals surface area (Å²) in [7, 11) is 2.70. The van der Waals surface area contributed by atoms with Crippen LogP contribution in [0.25, 0.3) is 10.9 Å². The van der Waals surface area contributed by atoms with Crippen LogP contribution in [0.1, 0.15) is 20.7 Å². The number of benzene rings is 2. The number of rotatable bonds is 3. The second kappa shape index (κ2) is 6.78. The zero-order chi connectivity index (χ0) is 18.1. The second-order valence-electron chi connectivity index (χ2n) is 5.20. The normalized spacial score (nSPS) is 10.7. The van der Waals surface area contributed by atoms with E-state index in [2.05, 4.69) is 0 Å². The fourth-order valence-electron chi connectivity index (χ4n) is 2.68. The Balaban J connectivity index is 2.24. The van der Waals surface area contributed by atoms with Gasteiger partial charge in [-0.25, -0.2) is 4.79 Å². The summed E-state index contributed by atoms with van der Waals surface area (Å²) in [5.74, 6) is -0.736. The lowest BCUT2D eigenvalue weighted by molar-refractivity contribution is 0.0603. The minimum absolute atomic E-state index is 0.192. The van der Waals surface area contributed by atoms with E-state index in [1.165, 1.54) is 37.1 Å². The van der Waals surface area contributed by atoms with E-state index in [0.29, 0.717) is 21.5 Å². The van der Waals surface area contributed by atoms with E-state index in [-0.39, 0.29) is 16.3 Å². The van der Waals surface area contributed by atoms with Crippen LogP contribution in [0, 0.1) is 0 Å². The highest BCUT2D eigenvalue weighted by atomic mass is 35.5. The van der Waals surface area contributed by atoms with Crippen molar-refractivity contribution in [1.29, 1.82) is 0 Å². The highest BCUT2D eigenvalue weighted by Crippen LogP contribution is 2.34. The minimum Gasteiger partial charge on any atom is -0.494 e. The summed E-state index contributed by atoms with van der Waals surface area (Å²) in [5.41, 5.74) is 1.04. The molecule has 1 heterocycles. The lowest BCUT2D eigenvalue weighted by Gasteiger charge is -2.11. The molecule has 0 aliphatic heterocycles. The van der Waals surface area contributed by atoms with Gasteiger partial charge in [-0.15, -0.1) is 0 Å². The van der Waals surface area contributed by atoms with Gasteiger partial charge in [0.15, 0.2) is 0 Å². The van der Waals surface area contributed by atoms with Crippen molar-refractivity contribution in [2.75, 3.05) is 14.2 Å². The standard InChI is InChI=1S/C18H13Cl2NO4/c1-24-16-12(7-10(19)8-14(16)20)17(22)21-9-13(18(23)25-2)11-5-3-4-6-15(11)21/h3-9H,1-2H3. The first-order chi connectivity index (χ1) is 12.0. The first-order valence-electron chi connectivity index (χ1n) is 7.24. The number of fused-ring (bicyclic) bond motifs is 1. The van der Waals surface area contributed by atoms with Gasteiger partial charge in [0, 0.05) is 16.6 Å². The molecule has 0 saturated heterocycles. The van der Waals surface area contributed by atoms with E-state index >= 15 is 0 Å². The molecule has 0 saturated carbocycles. The van der Waals surface area contributed by atoms with Gasteiger partial charge in [-0.1, -0.05) is 41.4 Å². The fraction of sp³-hybridized carbons (Fsp3) is 0.111. The predicted molar refractivity (Wildman–Crippen MR) is 96.0 cm³/mol. The molecule has 7 heteroatoms. The summed E-state index contributed by atoms with van der Waals surface area (Å²) in [6.07, 6.45) is 1.44. The van der Waals surface area contributed by atoms with Gasteiger partial charge in [-0.3, -0.25) is 9.36 Å². The average Bonchev–Trinajstić information content (AvgIpc) is 2.99. The van der Waals surface area contributed by atoms with Gasteiger partial charge >= 0.3 is 5.97 Å². The molecule has 0 N–H and O–H groups in total. The summed E-state index contributed by atoms with van der Waals surface area (Å²) in [5, 5.41) is 1.14. The van der Waals surface area contributed by atoms with Gasteiger partial charge in [-0.05, 0) is 18.2 Å². The third-order valence-corrected chi connectivity index (χ3v) is 4.28. The molecule has 0 radical (unpaired) electrons. The zero-order valence-corrected chi connectivity index (χ0v) is 14.9. The number of hydrogen-bond acceptors (Lipinski definition) is 4. The van der Waals surface area contributed by atoms with Gasteiger partial charge in [0.25, 0.3) is 5.91 Å². The highest BCUT2D eigenvalue weighted by Gasteiger charge is 2.23. The van der Waals surface area contributed by atoms with Crippen LogP contribution in [-0.2, 0) is 4.74 Å².